The van der Waals surface area contributed by atoms with Gasteiger partial charge < -0.3 is 10.1 Å². The second kappa shape index (κ2) is 6.60. The Hall–Kier alpha value is -1.51. The van der Waals surface area contributed by atoms with E-state index in [1.165, 1.54) is 11.1 Å². The highest BCUT2D eigenvalue weighted by atomic mass is 35.5. The van der Waals surface area contributed by atoms with Crippen molar-refractivity contribution in [2.45, 2.75) is 13.0 Å². The van der Waals surface area contributed by atoms with Crippen LogP contribution in [0.4, 0.5) is 0 Å². The van der Waals surface area contributed by atoms with Gasteiger partial charge in [-0.05, 0) is 41.9 Å². The van der Waals surface area contributed by atoms with E-state index in [9.17, 15) is 0 Å². The number of rotatable bonds is 5. The summed E-state index contributed by atoms with van der Waals surface area (Å²) in [6.45, 7) is 3.01. The molecule has 2 nitrogen and oxygen atoms in total. The van der Waals surface area contributed by atoms with Crippen molar-refractivity contribution in [3.63, 3.8) is 0 Å². The minimum atomic E-state index is 0.174. The zero-order valence-electron chi connectivity index (χ0n) is 11.2. The minimum absolute atomic E-state index is 0.174. The molecule has 2 aromatic carbocycles. The summed E-state index contributed by atoms with van der Waals surface area (Å²) >= 11 is 5.94. The summed E-state index contributed by atoms with van der Waals surface area (Å²) in [5.74, 6) is 0.870. The van der Waals surface area contributed by atoms with Crippen LogP contribution in [0.1, 0.15) is 24.1 Å². The van der Waals surface area contributed by atoms with E-state index < -0.39 is 0 Å². The molecule has 0 aliphatic rings. The van der Waals surface area contributed by atoms with E-state index in [2.05, 4.69) is 36.5 Å². The van der Waals surface area contributed by atoms with Gasteiger partial charge in [0.25, 0.3) is 0 Å². The number of methoxy groups -OCH3 is 1. The molecule has 1 atom stereocenters. The molecule has 1 N–H and O–H groups in total. The molecule has 0 saturated heterocycles. The van der Waals surface area contributed by atoms with Gasteiger partial charge in [0.2, 0.25) is 0 Å². The predicted molar refractivity (Wildman–Crippen MR) is 80.0 cm³/mol. The van der Waals surface area contributed by atoms with Crippen molar-refractivity contribution in [1.29, 1.82) is 0 Å². The first-order valence-electron chi connectivity index (χ1n) is 6.37. The van der Waals surface area contributed by atoms with Crippen LogP contribution in [-0.2, 0) is 0 Å². The smallest absolute Gasteiger partial charge is 0.118 e. The molecular formula is C16H18ClNO. The van der Waals surface area contributed by atoms with Gasteiger partial charge in [0, 0.05) is 5.02 Å². The largest absolute Gasteiger partial charge is 0.497 e. The summed E-state index contributed by atoms with van der Waals surface area (Å²) in [6, 6.07) is 16.3. The monoisotopic (exact) mass is 275 g/mol. The van der Waals surface area contributed by atoms with Crippen LogP contribution < -0.4 is 10.1 Å². The van der Waals surface area contributed by atoms with Gasteiger partial charge in [-0.15, -0.1) is 0 Å². The Kier molecular flexibility index (Phi) is 4.83. The Morgan fingerprint density at radius 1 is 1.00 bits per heavy atom. The summed E-state index contributed by atoms with van der Waals surface area (Å²) < 4.78 is 5.19. The van der Waals surface area contributed by atoms with Crippen LogP contribution in [0.2, 0.25) is 5.02 Å². The third kappa shape index (κ3) is 3.49. The molecule has 100 valence electrons. The normalized spacial score (nSPS) is 12.2. The van der Waals surface area contributed by atoms with Crippen molar-refractivity contribution in [2.75, 3.05) is 13.7 Å². The fourth-order valence-electron chi connectivity index (χ4n) is 2.08. The first kappa shape index (κ1) is 13.9. The lowest BCUT2D eigenvalue weighted by Crippen LogP contribution is -2.21. The van der Waals surface area contributed by atoms with Crippen molar-refractivity contribution >= 4 is 11.6 Å². The van der Waals surface area contributed by atoms with E-state index in [-0.39, 0.29) is 6.04 Å². The number of ether oxygens (including phenoxy) is 1. The van der Waals surface area contributed by atoms with Crippen LogP contribution in [0.15, 0.2) is 48.5 Å². The quantitative estimate of drug-likeness (QED) is 0.889. The zero-order chi connectivity index (χ0) is 13.7. The molecule has 0 spiro atoms. The second-order valence-corrected chi connectivity index (χ2v) is 4.75. The molecule has 0 fully saturated rings. The van der Waals surface area contributed by atoms with E-state index in [0.717, 1.165) is 17.3 Å². The Bertz CT molecular complexity index is 507. The molecule has 2 rings (SSSR count). The van der Waals surface area contributed by atoms with Gasteiger partial charge in [-0.1, -0.05) is 42.8 Å². The van der Waals surface area contributed by atoms with Gasteiger partial charge in [0.05, 0.1) is 13.2 Å². The standard InChI is InChI=1S/C16H18ClNO/c1-3-18-16(12-4-8-14(17)9-5-12)13-6-10-15(19-2)11-7-13/h4-11,16,18H,3H2,1-2H3. The van der Waals surface area contributed by atoms with Crippen molar-refractivity contribution in [2.24, 2.45) is 0 Å². The average molecular weight is 276 g/mol. The highest BCUT2D eigenvalue weighted by Crippen LogP contribution is 2.25. The van der Waals surface area contributed by atoms with Crippen LogP contribution in [0.3, 0.4) is 0 Å². The molecule has 19 heavy (non-hydrogen) atoms. The fraction of sp³-hybridized carbons (Fsp3) is 0.250. The summed E-state index contributed by atoms with van der Waals surface area (Å²) in [5, 5.41) is 4.25. The molecule has 0 radical (unpaired) electrons. The molecule has 1 unspecified atom stereocenters. The molecule has 0 bridgehead atoms. The summed E-state index contributed by atoms with van der Waals surface area (Å²) in [6.07, 6.45) is 0. The van der Waals surface area contributed by atoms with Crippen molar-refractivity contribution in [3.8, 4) is 5.75 Å². The maximum absolute atomic E-state index is 5.94. The Morgan fingerprint density at radius 2 is 1.53 bits per heavy atom. The maximum Gasteiger partial charge on any atom is 0.118 e. The van der Waals surface area contributed by atoms with E-state index >= 15 is 0 Å². The minimum Gasteiger partial charge on any atom is -0.497 e. The van der Waals surface area contributed by atoms with Crippen LogP contribution in [0, 0.1) is 0 Å². The number of hydrogen-bond acceptors (Lipinski definition) is 2. The lowest BCUT2D eigenvalue weighted by Gasteiger charge is -2.19. The van der Waals surface area contributed by atoms with Gasteiger partial charge in [-0.2, -0.15) is 0 Å². The Morgan fingerprint density at radius 3 is 2.00 bits per heavy atom. The molecular weight excluding hydrogens is 258 g/mol. The first-order chi connectivity index (χ1) is 9.24. The van der Waals surface area contributed by atoms with Crippen molar-refractivity contribution in [1.82, 2.24) is 5.32 Å². The van der Waals surface area contributed by atoms with Gasteiger partial charge in [-0.3, -0.25) is 0 Å². The van der Waals surface area contributed by atoms with Gasteiger partial charge in [0.1, 0.15) is 5.75 Å². The molecule has 0 aliphatic heterocycles. The number of benzene rings is 2. The number of nitrogens with one attached hydrogen (secondary N) is 1. The summed E-state index contributed by atoms with van der Waals surface area (Å²) in [7, 11) is 1.68. The van der Waals surface area contributed by atoms with Gasteiger partial charge >= 0.3 is 0 Å². The number of halogens is 1. The van der Waals surface area contributed by atoms with Crippen molar-refractivity contribution in [3.05, 3.63) is 64.7 Å². The van der Waals surface area contributed by atoms with Crippen LogP contribution in [-0.4, -0.2) is 13.7 Å². The van der Waals surface area contributed by atoms with Crippen LogP contribution >= 0.6 is 11.6 Å². The SMILES string of the molecule is CCNC(c1ccc(Cl)cc1)c1ccc(OC)cc1. The lowest BCUT2D eigenvalue weighted by molar-refractivity contribution is 0.414. The second-order valence-electron chi connectivity index (χ2n) is 4.32. The van der Waals surface area contributed by atoms with Crippen LogP contribution in [0.5, 0.6) is 5.75 Å². The average Bonchev–Trinajstić information content (AvgIpc) is 2.46. The first-order valence-corrected chi connectivity index (χ1v) is 6.75. The molecule has 0 aliphatic carbocycles. The third-order valence-electron chi connectivity index (χ3n) is 3.06. The Labute approximate surface area is 119 Å². The van der Waals surface area contributed by atoms with E-state index in [1.807, 2.05) is 24.3 Å². The summed E-state index contributed by atoms with van der Waals surface area (Å²) in [5.41, 5.74) is 2.42. The van der Waals surface area contributed by atoms with Crippen LogP contribution in [0.25, 0.3) is 0 Å². The van der Waals surface area contributed by atoms with Gasteiger partial charge in [0.15, 0.2) is 0 Å². The number of hydrogen-bond donors (Lipinski definition) is 1. The molecule has 0 heterocycles. The van der Waals surface area contributed by atoms with E-state index in [1.54, 1.807) is 7.11 Å². The highest BCUT2D eigenvalue weighted by molar-refractivity contribution is 6.30. The molecule has 0 aromatic heterocycles. The third-order valence-corrected chi connectivity index (χ3v) is 3.31. The molecule has 3 heteroatoms. The highest BCUT2D eigenvalue weighted by Gasteiger charge is 2.12. The fourth-order valence-corrected chi connectivity index (χ4v) is 2.21. The zero-order valence-corrected chi connectivity index (χ0v) is 11.9. The lowest BCUT2D eigenvalue weighted by atomic mass is 9.98. The maximum atomic E-state index is 5.94. The summed E-state index contributed by atoms with van der Waals surface area (Å²) in [4.78, 5) is 0. The Balaban J connectivity index is 2.30. The van der Waals surface area contributed by atoms with E-state index in [4.69, 9.17) is 16.3 Å². The van der Waals surface area contributed by atoms with Gasteiger partial charge in [-0.25, -0.2) is 0 Å². The van der Waals surface area contributed by atoms with E-state index in [0.29, 0.717) is 0 Å². The molecule has 0 amide bonds. The predicted octanol–water partition coefficient (Wildman–Crippen LogP) is 4.05. The van der Waals surface area contributed by atoms with Crippen molar-refractivity contribution < 1.29 is 4.74 Å². The topological polar surface area (TPSA) is 21.3 Å². The molecule has 2 aromatic rings. The molecule has 0 saturated carbocycles.